The average molecular weight is 323 g/mol. The minimum absolute atomic E-state index is 0.0583. The van der Waals surface area contributed by atoms with Gasteiger partial charge in [0.05, 0.1) is 18.4 Å². The van der Waals surface area contributed by atoms with Crippen molar-refractivity contribution < 1.29 is 9.59 Å². The topological polar surface area (TPSA) is 63.4 Å². The number of carbonyl (C=O) groups is 2. The second-order valence-electron chi connectivity index (χ2n) is 5.58. The zero-order chi connectivity index (χ0) is 15.1. The first-order chi connectivity index (χ1) is 9.99. The van der Waals surface area contributed by atoms with E-state index in [1.807, 2.05) is 0 Å². The van der Waals surface area contributed by atoms with Crippen molar-refractivity contribution in [3.63, 3.8) is 0 Å². The first-order valence-electron chi connectivity index (χ1n) is 6.92. The van der Waals surface area contributed by atoms with E-state index in [9.17, 15) is 9.59 Å². The van der Waals surface area contributed by atoms with Crippen molar-refractivity contribution in [1.29, 1.82) is 0 Å². The lowest BCUT2D eigenvalue weighted by Crippen LogP contribution is -2.31. The molecule has 1 heterocycles. The molecular weight excluding hydrogens is 308 g/mol. The van der Waals surface area contributed by atoms with Crippen LogP contribution in [0.3, 0.4) is 0 Å². The van der Waals surface area contributed by atoms with Crippen molar-refractivity contribution in [3.8, 4) is 0 Å². The minimum Gasteiger partial charge on any atom is -0.389 e. The average Bonchev–Trinajstić information content (AvgIpc) is 3.00. The van der Waals surface area contributed by atoms with Crippen LogP contribution >= 0.6 is 23.8 Å². The standard InChI is InChI=1S/C15H15ClN2O2S/c16-12-6-8(13(17)21)4-5-9(12)7-18-14(19)10-2-1-3-11(10)15(18)20/h4-6,10-11H,1-3,7H2,(H2,17,21). The maximum Gasteiger partial charge on any atom is 0.233 e. The van der Waals surface area contributed by atoms with E-state index >= 15 is 0 Å². The number of amides is 2. The molecule has 1 saturated carbocycles. The molecule has 0 spiro atoms. The van der Waals surface area contributed by atoms with Crippen LogP contribution < -0.4 is 5.73 Å². The first-order valence-corrected chi connectivity index (χ1v) is 7.71. The normalized spacial score (nSPS) is 24.5. The lowest BCUT2D eigenvalue weighted by Gasteiger charge is -2.17. The number of halogens is 1. The van der Waals surface area contributed by atoms with Crippen LogP contribution in [0.25, 0.3) is 0 Å². The van der Waals surface area contributed by atoms with Gasteiger partial charge >= 0.3 is 0 Å². The molecule has 2 fully saturated rings. The molecule has 21 heavy (non-hydrogen) atoms. The summed E-state index contributed by atoms with van der Waals surface area (Å²) >= 11 is 11.1. The number of benzene rings is 1. The largest absolute Gasteiger partial charge is 0.389 e. The molecular formula is C15H15ClN2O2S. The second-order valence-corrected chi connectivity index (χ2v) is 6.42. The summed E-state index contributed by atoms with van der Waals surface area (Å²) in [5.41, 5.74) is 6.97. The van der Waals surface area contributed by atoms with Crippen molar-refractivity contribution >= 4 is 40.6 Å². The van der Waals surface area contributed by atoms with Crippen LogP contribution in [0.2, 0.25) is 5.02 Å². The van der Waals surface area contributed by atoms with Crippen molar-refractivity contribution in [2.75, 3.05) is 0 Å². The molecule has 1 aromatic carbocycles. The van der Waals surface area contributed by atoms with Gasteiger partial charge in [0.25, 0.3) is 0 Å². The highest BCUT2D eigenvalue weighted by Crippen LogP contribution is 2.40. The van der Waals surface area contributed by atoms with Gasteiger partial charge in [-0.1, -0.05) is 42.4 Å². The van der Waals surface area contributed by atoms with E-state index in [2.05, 4.69) is 0 Å². The Morgan fingerprint density at radius 3 is 2.43 bits per heavy atom. The number of carbonyl (C=O) groups excluding carboxylic acids is 2. The van der Waals surface area contributed by atoms with Gasteiger partial charge in [-0.2, -0.15) is 0 Å². The number of nitrogens with two attached hydrogens (primary N) is 1. The van der Waals surface area contributed by atoms with Crippen LogP contribution in [0.1, 0.15) is 30.4 Å². The quantitative estimate of drug-likeness (QED) is 0.685. The van der Waals surface area contributed by atoms with Gasteiger partial charge in [0.15, 0.2) is 0 Å². The van der Waals surface area contributed by atoms with Crippen LogP contribution in [0.4, 0.5) is 0 Å². The Hall–Kier alpha value is -1.46. The van der Waals surface area contributed by atoms with Gasteiger partial charge in [-0.3, -0.25) is 14.5 Å². The molecule has 1 saturated heterocycles. The maximum atomic E-state index is 12.3. The Morgan fingerprint density at radius 2 is 1.90 bits per heavy atom. The van der Waals surface area contributed by atoms with Crippen LogP contribution in [-0.2, 0) is 16.1 Å². The molecule has 2 amide bonds. The van der Waals surface area contributed by atoms with Crippen LogP contribution in [0, 0.1) is 11.8 Å². The highest BCUT2D eigenvalue weighted by molar-refractivity contribution is 7.80. The number of likely N-dealkylation sites (tertiary alicyclic amines) is 1. The fraction of sp³-hybridized carbons (Fsp3) is 0.400. The third-order valence-electron chi connectivity index (χ3n) is 4.35. The Kier molecular flexibility index (Phi) is 3.71. The number of nitrogens with zero attached hydrogens (tertiary/aromatic N) is 1. The van der Waals surface area contributed by atoms with Crippen molar-refractivity contribution in [1.82, 2.24) is 4.90 Å². The van der Waals surface area contributed by atoms with E-state index < -0.39 is 0 Å². The molecule has 110 valence electrons. The molecule has 3 rings (SSSR count). The summed E-state index contributed by atoms with van der Waals surface area (Å²) in [5.74, 6) is -0.353. The monoisotopic (exact) mass is 322 g/mol. The Morgan fingerprint density at radius 1 is 1.29 bits per heavy atom. The molecule has 1 aliphatic heterocycles. The Balaban J connectivity index is 1.82. The number of hydrogen-bond donors (Lipinski definition) is 1. The third kappa shape index (κ3) is 2.45. The lowest BCUT2D eigenvalue weighted by molar-refractivity contribution is -0.141. The fourth-order valence-corrected chi connectivity index (χ4v) is 3.58. The SMILES string of the molecule is NC(=S)c1ccc(CN2C(=O)C3CCCC3C2=O)c(Cl)c1. The smallest absolute Gasteiger partial charge is 0.233 e. The van der Waals surface area contributed by atoms with Crippen molar-refractivity contribution in [2.45, 2.75) is 25.8 Å². The third-order valence-corrected chi connectivity index (χ3v) is 4.94. The van der Waals surface area contributed by atoms with Crippen LogP contribution in [0.5, 0.6) is 0 Å². The number of hydrogen-bond acceptors (Lipinski definition) is 3. The Labute approximate surface area is 133 Å². The summed E-state index contributed by atoms with van der Waals surface area (Å²) in [7, 11) is 0. The molecule has 1 aromatic rings. The van der Waals surface area contributed by atoms with Gasteiger partial charge in [-0.15, -0.1) is 0 Å². The molecule has 4 nitrogen and oxygen atoms in total. The van der Waals surface area contributed by atoms with E-state index in [0.29, 0.717) is 10.6 Å². The highest BCUT2D eigenvalue weighted by Gasteiger charge is 2.49. The zero-order valence-corrected chi connectivity index (χ0v) is 12.9. The molecule has 0 radical (unpaired) electrons. The minimum atomic E-state index is -0.118. The van der Waals surface area contributed by atoms with E-state index in [4.69, 9.17) is 29.6 Å². The summed E-state index contributed by atoms with van der Waals surface area (Å²) < 4.78 is 0. The Bertz CT molecular complexity index is 625. The first kappa shape index (κ1) is 14.5. The molecule has 0 bridgehead atoms. The van der Waals surface area contributed by atoms with Gasteiger partial charge < -0.3 is 5.73 Å². The number of fused-ring (bicyclic) bond motifs is 1. The number of thiocarbonyl (C=S) groups is 1. The second kappa shape index (κ2) is 5.39. The summed E-state index contributed by atoms with van der Waals surface area (Å²) in [6, 6.07) is 5.20. The van der Waals surface area contributed by atoms with Gasteiger partial charge in [0.2, 0.25) is 11.8 Å². The van der Waals surface area contributed by atoms with Crippen molar-refractivity contribution in [2.24, 2.45) is 17.6 Å². The predicted molar refractivity (Wildman–Crippen MR) is 83.7 cm³/mol. The molecule has 6 heteroatoms. The van der Waals surface area contributed by atoms with Gasteiger partial charge in [-0.05, 0) is 24.5 Å². The van der Waals surface area contributed by atoms with Gasteiger partial charge in [0.1, 0.15) is 4.99 Å². The van der Waals surface area contributed by atoms with Gasteiger partial charge in [-0.25, -0.2) is 0 Å². The van der Waals surface area contributed by atoms with Crippen LogP contribution in [-0.4, -0.2) is 21.7 Å². The van der Waals surface area contributed by atoms with E-state index in [1.54, 1.807) is 18.2 Å². The molecule has 1 aliphatic carbocycles. The fourth-order valence-electron chi connectivity index (χ4n) is 3.22. The lowest BCUT2D eigenvalue weighted by atomic mass is 10.00. The zero-order valence-electron chi connectivity index (χ0n) is 11.3. The number of rotatable bonds is 3. The summed E-state index contributed by atoms with van der Waals surface area (Å²) in [6.45, 7) is 0.223. The molecule has 2 unspecified atom stereocenters. The molecule has 2 aliphatic rings. The molecule has 2 atom stereocenters. The highest BCUT2D eigenvalue weighted by atomic mass is 35.5. The van der Waals surface area contributed by atoms with E-state index in [1.165, 1.54) is 4.90 Å². The molecule has 0 aromatic heterocycles. The molecule has 2 N–H and O–H groups in total. The summed E-state index contributed by atoms with van der Waals surface area (Å²) in [6.07, 6.45) is 2.60. The van der Waals surface area contributed by atoms with Crippen LogP contribution in [0.15, 0.2) is 18.2 Å². The van der Waals surface area contributed by atoms with E-state index in [-0.39, 0.29) is 35.2 Å². The predicted octanol–water partition coefficient (Wildman–Crippen LogP) is 2.26. The van der Waals surface area contributed by atoms with E-state index in [0.717, 1.165) is 24.8 Å². The van der Waals surface area contributed by atoms with Crippen molar-refractivity contribution in [3.05, 3.63) is 34.3 Å². The summed E-state index contributed by atoms with van der Waals surface area (Å²) in [4.78, 5) is 26.2. The van der Waals surface area contributed by atoms with Gasteiger partial charge in [0, 0.05) is 10.6 Å². The summed E-state index contributed by atoms with van der Waals surface area (Å²) in [5, 5.41) is 0.470. The number of imide groups is 1. The maximum absolute atomic E-state index is 12.3.